The summed E-state index contributed by atoms with van der Waals surface area (Å²) in [4.78, 5) is 0. The molecule has 0 N–H and O–H groups in total. The Labute approximate surface area is 119 Å². The third-order valence-electron chi connectivity index (χ3n) is 3.26. The van der Waals surface area contributed by atoms with Gasteiger partial charge in [0.05, 0.1) is 13.4 Å². The van der Waals surface area contributed by atoms with Crippen LogP contribution in [0, 0.1) is 0 Å². The third-order valence-corrected chi connectivity index (χ3v) is 4.95. The minimum Gasteiger partial charge on any atom is -0.504 e. The van der Waals surface area contributed by atoms with Crippen LogP contribution in [0.5, 0.6) is 0 Å². The zero-order chi connectivity index (χ0) is 12.8. The van der Waals surface area contributed by atoms with Gasteiger partial charge in [0.15, 0.2) is 0 Å². The standard InChI is InChI=1S/C15H19ClOS/c1-17-10-12-4-8-15(9-5-12)18-11-13-2-6-14(16)7-3-13/h2-3,6-7,10,15H,4-5,8-9,11H2,1H3. The first kappa shape index (κ1) is 13.8. The normalized spacial score (nSPS) is 19.7. The summed E-state index contributed by atoms with van der Waals surface area (Å²) in [5, 5.41) is 1.60. The number of hydrogen-bond acceptors (Lipinski definition) is 2. The second-order valence-electron chi connectivity index (χ2n) is 4.65. The van der Waals surface area contributed by atoms with Crippen molar-refractivity contribution in [1.29, 1.82) is 0 Å². The molecule has 1 aromatic carbocycles. The van der Waals surface area contributed by atoms with Gasteiger partial charge < -0.3 is 4.74 Å². The maximum atomic E-state index is 5.88. The van der Waals surface area contributed by atoms with Crippen molar-refractivity contribution in [3.05, 3.63) is 46.7 Å². The lowest BCUT2D eigenvalue weighted by atomic mass is 9.95. The molecule has 3 heteroatoms. The van der Waals surface area contributed by atoms with Gasteiger partial charge in [-0.2, -0.15) is 11.8 Å². The van der Waals surface area contributed by atoms with Crippen LogP contribution in [-0.4, -0.2) is 12.4 Å². The van der Waals surface area contributed by atoms with Crippen LogP contribution in [0.2, 0.25) is 5.02 Å². The Bertz CT molecular complexity index is 389. The summed E-state index contributed by atoms with van der Waals surface area (Å²) in [6.07, 6.45) is 6.83. The average Bonchev–Trinajstić information content (AvgIpc) is 2.40. The molecule has 1 aliphatic rings. The van der Waals surface area contributed by atoms with Crippen LogP contribution in [-0.2, 0) is 10.5 Å². The number of halogens is 1. The molecule has 98 valence electrons. The minimum absolute atomic E-state index is 0.787. The van der Waals surface area contributed by atoms with Gasteiger partial charge in [-0.05, 0) is 49.0 Å². The van der Waals surface area contributed by atoms with E-state index in [1.165, 1.54) is 36.8 Å². The highest BCUT2D eigenvalue weighted by Gasteiger charge is 2.17. The fourth-order valence-electron chi connectivity index (χ4n) is 2.21. The number of rotatable bonds is 4. The van der Waals surface area contributed by atoms with E-state index in [0.717, 1.165) is 16.0 Å². The molecular weight excluding hydrogens is 264 g/mol. The van der Waals surface area contributed by atoms with E-state index < -0.39 is 0 Å². The lowest BCUT2D eigenvalue weighted by molar-refractivity contribution is 0.328. The van der Waals surface area contributed by atoms with Gasteiger partial charge in [0, 0.05) is 16.0 Å². The maximum absolute atomic E-state index is 5.88. The molecule has 1 saturated carbocycles. The van der Waals surface area contributed by atoms with Gasteiger partial charge in [0.2, 0.25) is 0 Å². The number of allylic oxidation sites excluding steroid dienone is 1. The van der Waals surface area contributed by atoms with Gasteiger partial charge in [-0.3, -0.25) is 0 Å². The Morgan fingerprint density at radius 1 is 1.28 bits per heavy atom. The van der Waals surface area contributed by atoms with Crippen LogP contribution < -0.4 is 0 Å². The summed E-state index contributed by atoms with van der Waals surface area (Å²) >= 11 is 7.95. The van der Waals surface area contributed by atoms with E-state index in [9.17, 15) is 0 Å². The highest BCUT2D eigenvalue weighted by atomic mass is 35.5. The van der Waals surface area contributed by atoms with Crippen molar-refractivity contribution in [3.8, 4) is 0 Å². The molecule has 18 heavy (non-hydrogen) atoms. The minimum atomic E-state index is 0.787. The first-order chi connectivity index (χ1) is 8.78. The largest absolute Gasteiger partial charge is 0.504 e. The van der Waals surface area contributed by atoms with Crippen LogP contribution in [0.1, 0.15) is 31.2 Å². The van der Waals surface area contributed by atoms with Crippen LogP contribution in [0.3, 0.4) is 0 Å². The van der Waals surface area contributed by atoms with Crippen LogP contribution in [0.15, 0.2) is 36.1 Å². The third kappa shape index (κ3) is 4.25. The SMILES string of the molecule is COC=C1CCC(SCc2ccc(Cl)cc2)CC1. The monoisotopic (exact) mass is 282 g/mol. The number of benzene rings is 1. The molecule has 2 rings (SSSR count). The second kappa shape index (κ2) is 7.10. The zero-order valence-corrected chi connectivity index (χ0v) is 12.3. The topological polar surface area (TPSA) is 9.23 Å². The highest BCUT2D eigenvalue weighted by Crippen LogP contribution is 2.33. The number of hydrogen-bond donors (Lipinski definition) is 0. The van der Waals surface area contributed by atoms with E-state index in [4.69, 9.17) is 16.3 Å². The van der Waals surface area contributed by atoms with Crippen molar-refractivity contribution in [2.75, 3.05) is 7.11 Å². The Hall–Kier alpha value is -0.600. The van der Waals surface area contributed by atoms with Crippen molar-refractivity contribution < 1.29 is 4.74 Å². The molecule has 0 unspecified atom stereocenters. The summed E-state index contributed by atoms with van der Waals surface area (Å²) < 4.78 is 5.08. The predicted molar refractivity (Wildman–Crippen MR) is 80.1 cm³/mol. The van der Waals surface area contributed by atoms with E-state index in [2.05, 4.69) is 23.9 Å². The Morgan fingerprint density at radius 2 is 1.94 bits per heavy atom. The lowest BCUT2D eigenvalue weighted by Gasteiger charge is -2.23. The van der Waals surface area contributed by atoms with Crippen molar-refractivity contribution in [1.82, 2.24) is 0 Å². The molecule has 0 spiro atoms. The van der Waals surface area contributed by atoms with Gasteiger partial charge in [0.25, 0.3) is 0 Å². The molecule has 0 aromatic heterocycles. The van der Waals surface area contributed by atoms with Gasteiger partial charge >= 0.3 is 0 Å². The molecule has 0 aliphatic heterocycles. The molecule has 0 bridgehead atoms. The lowest BCUT2D eigenvalue weighted by Crippen LogP contribution is -2.10. The van der Waals surface area contributed by atoms with Gasteiger partial charge in [-0.1, -0.05) is 23.7 Å². The summed E-state index contributed by atoms with van der Waals surface area (Å²) in [6, 6.07) is 8.18. The zero-order valence-electron chi connectivity index (χ0n) is 10.7. The van der Waals surface area contributed by atoms with Crippen LogP contribution >= 0.6 is 23.4 Å². The fourth-order valence-corrected chi connectivity index (χ4v) is 3.52. The highest BCUT2D eigenvalue weighted by molar-refractivity contribution is 7.99. The van der Waals surface area contributed by atoms with Gasteiger partial charge in [0.1, 0.15) is 0 Å². The maximum Gasteiger partial charge on any atom is 0.0816 e. The van der Waals surface area contributed by atoms with Crippen molar-refractivity contribution in [2.45, 2.75) is 36.7 Å². The Balaban J connectivity index is 1.75. The van der Waals surface area contributed by atoms with Crippen LogP contribution in [0.25, 0.3) is 0 Å². The predicted octanol–water partition coefficient (Wildman–Crippen LogP) is 5.05. The van der Waals surface area contributed by atoms with Crippen molar-refractivity contribution in [2.24, 2.45) is 0 Å². The van der Waals surface area contributed by atoms with Crippen LogP contribution in [0.4, 0.5) is 0 Å². The van der Waals surface area contributed by atoms with Gasteiger partial charge in [-0.25, -0.2) is 0 Å². The van der Waals surface area contributed by atoms with Crippen molar-refractivity contribution >= 4 is 23.4 Å². The van der Waals surface area contributed by atoms with E-state index in [-0.39, 0.29) is 0 Å². The summed E-state index contributed by atoms with van der Waals surface area (Å²) in [5.41, 5.74) is 2.82. The molecular formula is C15H19ClOS. The molecule has 0 atom stereocenters. The molecule has 0 heterocycles. The summed E-state index contributed by atoms with van der Waals surface area (Å²) in [6.45, 7) is 0. The molecule has 0 amide bonds. The molecule has 1 nitrogen and oxygen atoms in total. The molecule has 1 aromatic rings. The average molecular weight is 283 g/mol. The fraction of sp³-hybridized carbons (Fsp3) is 0.467. The first-order valence-corrected chi connectivity index (χ1v) is 7.77. The number of methoxy groups -OCH3 is 1. The van der Waals surface area contributed by atoms with E-state index in [1.54, 1.807) is 7.11 Å². The molecule has 1 aliphatic carbocycles. The number of thioether (sulfide) groups is 1. The van der Waals surface area contributed by atoms with E-state index in [0.29, 0.717) is 0 Å². The summed E-state index contributed by atoms with van der Waals surface area (Å²) in [5.74, 6) is 1.09. The smallest absolute Gasteiger partial charge is 0.0816 e. The Morgan fingerprint density at radius 3 is 2.56 bits per heavy atom. The molecule has 0 saturated heterocycles. The van der Waals surface area contributed by atoms with Gasteiger partial charge in [-0.15, -0.1) is 0 Å². The summed E-state index contributed by atoms with van der Waals surface area (Å²) in [7, 11) is 1.73. The molecule has 1 fully saturated rings. The Kier molecular flexibility index (Phi) is 5.45. The van der Waals surface area contributed by atoms with Crippen molar-refractivity contribution in [3.63, 3.8) is 0 Å². The van der Waals surface area contributed by atoms with E-state index >= 15 is 0 Å². The molecule has 0 radical (unpaired) electrons. The first-order valence-electron chi connectivity index (χ1n) is 6.34. The van der Waals surface area contributed by atoms with E-state index in [1.807, 2.05) is 18.4 Å². The number of ether oxygens (including phenoxy) is 1. The quantitative estimate of drug-likeness (QED) is 0.715. The second-order valence-corrected chi connectivity index (χ2v) is 6.37.